The van der Waals surface area contributed by atoms with Crippen LogP contribution in [-0.4, -0.2) is 27.1 Å². The first-order valence-corrected chi connectivity index (χ1v) is 5.47. The maximum absolute atomic E-state index is 11.0. The van der Waals surface area contributed by atoms with Gasteiger partial charge in [0.05, 0.1) is 10.2 Å². The van der Waals surface area contributed by atoms with Gasteiger partial charge < -0.3 is 5.11 Å². The van der Waals surface area contributed by atoms with Crippen LogP contribution < -0.4 is 0 Å². The summed E-state index contributed by atoms with van der Waals surface area (Å²) in [6, 6.07) is 8.84. The molecule has 1 N–H and O–H groups in total. The first kappa shape index (κ1) is 11.5. The highest BCUT2D eigenvalue weighted by atomic mass is 79.9. The van der Waals surface area contributed by atoms with Gasteiger partial charge in [0.15, 0.2) is 12.0 Å². The van der Waals surface area contributed by atoms with Crippen molar-refractivity contribution in [1.82, 2.24) is 9.78 Å². The number of benzene rings is 1. The van der Waals surface area contributed by atoms with E-state index in [4.69, 9.17) is 5.11 Å². The number of halogens is 1. The molecule has 1 aromatic heterocycles. The van der Waals surface area contributed by atoms with Crippen LogP contribution in [0.15, 0.2) is 34.8 Å². The van der Waals surface area contributed by atoms with Gasteiger partial charge in [0.2, 0.25) is 0 Å². The molecular formula is C11H7BrN2O3. The minimum atomic E-state index is -1.19. The molecule has 5 nitrogen and oxygen atoms in total. The van der Waals surface area contributed by atoms with Crippen LogP contribution in [-0.2, 0) is 0 Å². The highest BCUT2D eigenvalue weighted by Crippen LogP contribution is 2.23. The Morgan fingerprint density at radius 3 is 2.53 bits per heavy atom. The second-order valence-electron chi connectivity index (χ2n) is 3.22. The molecular weight excluding hydrogens is 288 g/mol. The quantitative estimate of drug-likeness (QED) is 0.881. The van der Waals surface area contributed by atoms with E-state index in [0.29, 0.717) is 12.0 Å². The summed E-state index contributed by atoms with van der Waals surface area (Å²) in [4.78, 5) is 21.9. The molecule has 0 aliphatic heterocycles. The molecule has 6 heteroatoms. The third kappa shape index (κ3) is 1.99. The highest BCUT2D eigenvalue weighted by Gasteiger charge is 2.20. The molecule has 0 radical (unpaired) electrons. The molecule has 17 heavy (non-hydrogen) atoms. The molecule has 0 unspecified atom stereocenters. The fourth-order valence-electron chi connectivity index (χ4n) is 1.42. The van der Waals surface area contributed by atoms with Crippen LogP contribution >= 0.6 is 15.9 Å². The first-order chi connectivity index (χ1) is 8.15. The Morgan fingerprint density at radius 1 is 1.35 bits per heavy atom. The summed E-state index contributed by atoms with van der Waals surface area (Å²) >= 11 is 3.06. The predicted molar refractivity (Wildman–Crippen MR) is 63.6 cm³/mol. The SMILES string of the molecule is O=Cc1c(Br)c(C(=O)O)nn1-c1ccccc1. The van der Waals surface area contributed by atoms with Crippen molar-refractivity contribution in [3.05, 3.63) is 46.2 Å². The van der Waals surface area contributed by atoms with Crippen molar-refractivity contribution in [2.75, 3.05) is 0 Å². The number of carboxylic acid groups (broad SMARTS) is 1. The van der Waals surface area contributed by atoms with Crippen molar-refractivity contribution in [2.45, 2.75) is 0 Å². The summed E-state index contributed by atoms with van der Waals surface area (Å²) in [5.74, 6) is -1.19. The second kappa shape index (κ2) is 4.50. The lowest BCUT2D eigenvalue weighted by Crippen LogP contribution is -2.03. The molecule has 2 rings (SSSR count). The molecule has 86 valence electrons. The number of nitrogens with zero attached hydrogens (tertiary/aromatic N) is 2. The average molecular weight is 295 g/mol. The van der Waals surface area contributed by atoms with Crippen LogP contribution in [0.1, 0.15) is 21.0 Å². The van der Waals surface area contributed by atoms with Gasteiger partial charge in [-0.3, -0.25) is 4.79 Å². The smallest absolute Gasteiger partial charge is 0.357 e. The number of para-hydroxylation sites is 1. The van der Waals surface area contributed by atoms with E-state index in [9.17, 15) is 9.59 Å². The minimum absolute atomic E-state index is 0.175. The van der Waals surface area contributed by atoms with E-state index in [1.54, 1.807) is 24.3 Å². The van der Waals surface area contributed by atoms with Gasteiger partial charge >= 0.3 is 5.97 Å². The van der Waals surface area contributed by atoms with E-state index in [-0.39, 0.29) is 15.9 Å². The van der Waals surface area contributed by atoms with Crippen molar-refractivity contribution >= 4 is 28.2 Å². The summed E-state index contributed by atoms with van der Waals surface area (Å²) in [6.45, 7) is 0. The zero-order valence-electron chi connectivity index (χ0n) is 8.50. The number of hydrogen-bond donors (Lipinski definition) is 1. The number of rotatable bonds is 3. The Bertz CT molecular complexity index is 578. The van der Waals surface area contributed by atoms with E-state index >= 15 is 0 Å². The molecule has 2 aromatic rings. The van der Waals surface area contributed by atoms with E-state index < -0.39 is 5.97 Å². The lowest BCUT2D eigenvalue weighted by atomic mass is 10.3. The van der Waals surface area contributed by atoms with Gasteiger partial charge in [-0.25, -0.2) is 9.48 Å². The van der Waals surface area contributed by atoms with Crippen LogP contribution in [0, 0.1) is 0 Å². The van der Waals surface area contributed by atoms with Gasteiger partial charge in [-0.15, -0.1) is 0 Å². The predicted octanol–water partition coefficient (Wildman–Crippen LogP) is 2.15. The van der Waals surface area contributed by atoms with Crippen molar-refractivity contribution in [3.63, 3.8) is 0 Å². The fraction of sp³-hybridized carbons (Fsp3) is 0. The zero-order valence-corrected chi connectivity index (χ0v) is 10.1. The van der Waals surface area contributed by atoms with E-state index in [1.807, 2.05) is 6.07 Å². The van der Waals surface area contributed by atoms with Crippen molar-refractivity contribution < 1.29 is 14.7 Å². The van der Waals surface area contributed by atoms with Gasteiger partial charge in [-0.1, -0.05) is 18.2 Å². The van der Waals surface area contributed by atoms with Gasteiger partial charge in [0.25, 0.3) is 0 Å². The van der Waals surface area contributed by atoms with Gasteiger partial charge in [-0.05, 0) is 28.1 Å². The fourth-order valence-corrected chi connectivity index (χ4v) is 1.93. The molecule has 0 bridgehead atoms. The summed E-state index contributed by atoms with van der Waals surface area (Å²) in [7, 11) is 0. The van der Waals surface area contributed by atoms with E-state index in [1.165, 1.54) is 4.68 Å². The first-order valence-electron chi connectivity index (χ1n) is 4.67. The van der Waals surface area contributed by atoms with Gasteiger partial charge in [-0.2, -0.15) is 5.10 Å². The van der Waals surface area contributed by atoms with E-state index in [2.05, 4.69) is 21.0 Å². The van der Waals surface area contributed by atoms with Crippen molar-refractivity contribution in [3.8, 4) is 5.69 Å². The molecule has 0 atom stereocenters. The number of carbonyl (C=O) groups excluding carboxylic acids is 1. The van der Waals surface area contributed by atoms with Crippen LogP contribution in [0.25, 0.3) is 5.69 Å². The van der Waals surface area contributed by atoms with Gasteiger partial charge in [0, 0.05) is 0 Å². The zero-order chi connectivity index (χ0) is 12.4. The largest absolute Gasteiger partial charge is 0.476 e. The summed E-state index contributed by atoms with van der Waals surface area (Å²) in [5.41, 5.74) is 0.618. The lowest BCUT2D eigenvalue weighted by molar-refractivity contribution is 0.0689. The average Bonchev–Trinajstić information content (AvgIpc) is 2.67. The van der Waals surface area contributed by atoms with Gasteiger partial charge in [0.1, 0.15) is 5.69 Å². The Hall–Kier alpha value is -1.95. The maximum Gasteiger partial charge on any atom is 0.357 e. The molecule has 0 spiro atoms. The minimum Gasteiger partial charge on any atom is -0.476 e. The molecule has 0 saturated heterocycles. The lowest BCUT2D eigenvalue weighted by Gasteiger charge is -2.01. The summed E-state index contributed by atoms with van der Waals surface area (Å²) in [6.07, 6.45) is 0.566. The Morgan fingerprint density at radius 2 is 2.00 bits per heavy atom. The van der Waals surface area contributed by atoms with Crippen molar-refractivity contribution in [1.29, 1.82) is 0 Å². The van der Waals surface area contributed by atoms with Crippen LogP contribution in [0.4, 0.5) is 0 Å². The molecule has 1 aromatic carbocycles. The summed E-state index contributed by atoms with van der Waals surface area (Å²) < 4.78 is 1.48. The Labute approximate surface area is 105 Å². The molecule has 1 heterocycles. The monoisotopic (exact) mass is 294 g/mol. The number of carboxylic acids is 1. The molecule has 0 amide bonds. The standard InChI is InChI=1S/C11H7BrN2O3/c12-9-8(6-15)14(13-10(9)11(16)17)7-4-2-1-3-5-7/h1-6H,(H,16,17). The Balaban J connectivity index is 2.66. The number of carbonyl (C=O) groups is 2. The number of aromatic nitrogens is 2. The molecule has 0 aliphatic carbocycles. The molecule has 0 fully saturated rings. The third-order valence-electron chi connectivity index (χ3n) is 2.18. The maximum atomic E-state index is 11.0. The number of aldehydes is 1. The Kier molecular flexibility index (Phi) is 3.06. The van der Waals surface area contributed by atoms with Crippen LogP contribution in [0.5, 0.6) is 0 Å². The van der Waals surface area contributed by atoms with Crippen LogP contribution in [0.3, 0.4) is 0 Å². The third-order valence-corrected chi connectivity index (χ3v) is 2.96. The van der Waals surface area contributed by atoms with Crippen molar-refractivity contribution in [2.24, 2.45) is 0 Å². The molecule has 0 saturated carbocycles. The number of aromatic carboxylic acids is 1. The normalized spacial score (nSPS) is 10.2. The highest BCUT2D eigenvalue weighted by molar-refractivity contribution is 9.10. The topological polar surface area (TPSA) is 72.2 Å². The van der Waals surface area contributed by atoms with Crippen LogP contribution in [0.2, 0.25) is 0 Å². The second-order valence-corrected chi connectivity index (χ2v) is 4.01. The number of hydrogen-bond acceptors (Lipinski definition) is 3. The summed E-state index contributed by atoms with van der Waals surface area (Å²) in [5, 5.41) is 12.8. The van der Waals surface area contributed by atoms with E-state index in [0.717, 1.165) is 0 Å². The molecule has 0 aliphatic rings.